The molecule has 0 aliphatic heterocycles. The molecule has 0 saturated heterocycles. The van der Waals surface area contributed by atoms with E-state index in [0.29, 0.717) is 17.7 Å². The first-order chi connectivity index (χ1) is 22.1. The maximum Gasteiger partial charge on any atom is 0.333 e. The average Bonchev–Trinajstić information content (AvgIpc) is 3.03. The van der Waals surface area contributed by atoms with Crippen LogP contribution in [-0.4, -0.2) is 96.6 Å². The van der Waals surface area contributed by atoms with Crippen LogP contribution in [-0.2, 0) is 19.1 Å². The highest BCUT2D eigenvalue weighted by molar-refractivity contribution is 5.87. The van der Waals surface area contributed by atoms with E-state index in [1.54, 1.807) is 13.8 Å². The molecular formula is C39H78N2O6. The summed E-state index contributed by atoms with van der Waals surface area (Å²) in [5, 5.41) is 19.8. The van der Waals surface area contributed by atoms with Crippen LogP contribution < -0.4 is 0 Å². The molecule has 0 aromatic carbocycles. The van der Waals surface area contributed by atoms with Gasteiger partial charge in [0, 0.05) is 17.7 Å². The van der Waals surface area contributed by atoms with Gasteiger partial charge in [-0.3, -0.25) is 4.90 Å². The van der Waals surface area contributed by atoms with Crippen LogP contribution in [0.2, 0.25) is 0 Å². The Morgan fingerprint density at radius 1 is 0.617 bits per heavy atom. The molecular weight excluding hydrogens is 592 g/mol. The molecule has 2 unspecified atom stereocenters. The zero-order valence-electron chi connectivity index (χ0n) is 31.0. The number of esters is 2. The Morgan fingerprint density at radius 3 is 1.32 bits per heavy atom. The van der Waals surface area contributed by atoms with E-state index in [1.807, 2.05) is 0 Å². The van der Waals surface area contributed by atoms with Crippen molar-refractivity contribution in [2.24, 2.45) is 0 Å². The molecule has 0 rings (SSSR count). The maximum absolute atomic E-state index is 11.6. The van der Waals surface area contributed by atoms with Crippen LogP contribution in [0.1, 0.15) is 152 Å². The summed E-state index contributed by atoms with van der Waals surface area (Å²) in [4.78, 5) is 27.5. The van der Waals surface area contributed by atoms with E-state index in [4.69, 9.17) is 9.47 Å². The normalized spacial score (nSPS) is 12.1. The lowest BCUT2D eigenvalue weighted by molar-refractivity contribution is -0.142. The minimum Gasteiger partial charge on any atom is -0.461 e. The van der Waals surface area contributed by atoms with Crippen molar-refractivity contribution in [3.63, 3.8) is 0 Å². The molecule has 0 fully saturated rings. The van der Waals surface area contributed by atoms with E-state index in [2.05, 4.69) is 50.7 Å². The molecule has 0 aliphatic rings. The number of aliphatic hydroxyl groups excluding tert-OH is 2. The van der Waals surface area contributed by atoms with Gasteiger partial charge in [0.1, 0.15) is 19.3 Å². The highest BCUT2D eigenvalue weighted by Crippen LogP contribution is 2.11. The van der Waals surface area contributed by atoms with E-state index in [9.17, 15) is 19.8 Å². The van der Waals surface area contributed by atoms with Crippen molar-refractivity contribution in [1.29, 1.82) is 0 Å². The van der Waals surface area contributed by atoms with Gasteiger partial charge >= 0.3 is 11.9 Å². The Kier molecular flexibility index (Phi) is 37.6. The summed E-state index contributed by atoms with van der Waals surface area (Å²) in [5.41, 5.74) is 0.771. The summed E-state index contributed by atoms with van der Waals surface area (Å²) in [6, 6.07) is -0.110. The van der Waals surface area contributed by atoms with Crippen molar-refractivity contribution < 1.29 is 29.3 Å². The number of hydrogen-bond donors (Lipinski definition) is 2. The van der Waals surface area contributed by atoms with Crippen LogP contribution in [0, 0.1) is 0 Å². The molecule has 0 aliphatic carbocycles. The molecule has 0 heterocycles. The van der Waals surface area contributed by atoms with Gasteiger partial charge in [0.15, 0.2) is 0 Å². The zero-order chi connectivity index (χ0) is 35.0. The van der Waals surface area contributed by atoms with Gasteiger partial charge < -0.3 is 24.6 Å². The number of unbranched alkanes of at least 4 members (excludes halogenated alkanes) is 12. The zero-order valence-corrected chi connectivity index (χ0v) is 31.0. The number of nitrogens with zero attached hydrogens (tertiary/aromatic N) is 2. The lowest BCUT2D eigenvalue weighted by atomic mass is 10.1. The van der Waals surface area contributed by atoms with Gasteiger partial charge in [-0.2, -0.15) is 0 Å². The summed E-state index contributed by atoms with van der Waals surface area (Å²) in [6.45, 7) is 24.0. The summed E-state index contributed by atoms with van der Waals surface area (Å²) in [7, 11) is 0. The Morgan fingerprint density at radius 2 is 0.979 bits per heavy atom. The quantitative estimate of drug-likeness (QED) is 0.0446. The van der Waals surface area contributed by atoms with Crippen LogP contribution in [0.15, 0.2) is 24.3 Å². The fourth-order valence-electron chi connectivity index (χ4n) is 4.99. The minimum absolute atomic E-state index is 0. The third-order valence-electron chi connectivity index (χ3n) is 7.96. The van der Waals surface area contributed by atoms with Gasteiger partial charge in [-0.1, -0.05) is 125 Å². The van der Waals surface area contributed by atoms with E-state index in [-0.39, 0.29) is 39.3 Å². The van der Waals surface area contributed by atoms with Crippen LogP contribution in [0.3, 0.4) is 0 Å². The number of rotatable bonds is 30. The highest BCUT2D eigenvalue weighted by Gasteiger charge is 2.19. The van der Waals surface area contributed by atoms with Gasteiger partial charge in [0.05, 0.1) is 12.6 Å². The third kappa shape index (κ3) is 31.3. The van der Waals surface area contributed by atoms with E-state index in [1.165, 1.54) is 89.9 Å². The molecule has 0 amide bonds. The Hall–Kier alpha value is -1.74. The minimum atomic E-state index is -0.629. The molecule has 2 atom stereocenters. The second-order valence-electron chi connectivity index (χ2n) is 12.8. The maximum atomic E-state index is 11.6. The molecule has 8 nitrogen and oxygen atoms in total. The standard InChI is InChI=1S/2C19H37NO3.CH4/c1-5-7-9-11-13-20(14-12-10-8-6-2)18(15-21)16-23-19(22)17(3)4;1-5-7-9-11-13-20(14-12-10-8-6-2)15-18(21)16-23-19(22)17(3)4;/h2*18,21H,3,5-16H2,1-2,4H3;1H4. The lowest BCUT2D eigenvalue weighted by Crippen LogP contribution is -2.43. The van der Waals surface area contributed by atoms with E-state index >= 15 is 0 Å². The van der Waals surface area contributed by atoms with E-state index in [0.717, 1.165) is 39.0 Å². The first kappa shape index (κ1) is 49.6. The van der Waals surface area contributed by atoms with Crippen molar-refractivity contribution in [2.45, 2.75) is 164 Å². The molecule has 0 aromatic heterocycles. The van der Waals surface area contributed by atoms with Crippen molar-refractivity contribution >= 4 is 11.9 Å². The van der Waals surface area contributed by atoms with Crippen molar-refractivity contribution in [1.82, 2.24) is 9.80 Å². The van der Waals surface area contributed by atoms with Gasteiger partial charge in [0.25, 0.3) is 0 Å². The monoisotopic (exact) mass is 671 g/mol. The summed E-state index contributed by atoms with van der Waals surface area (Å²) < 4.78 is 10.3. The Bertz CT molecular complexity index is 736. The third-order valence-corrected chi connectivity index (χ3v) is 7.96. The summed E-state index contributed by atoms with van der Waals surface area (Å²) in [5.74, 6) is -0.804. The van der Waals surface area contributed by atoms with Gasteiger partial charge in [-0.25, -0.2) is 9.59 Å². The van der Waals surface area contributed by atoms with Crippen LogP contribution in [0.25, 0.3) is 0 Å². The molecule has 2 N–H and O–H groups in total. The molecule has 8 heteroatoms. The van der Waals surface area contributed by atoms with E-state index < -0.39 is 12.1 Å². The average molecular weight is 671 g/mol. The van der Waals surface area contributed by atoms with Crippen LogP contribution >= 0.6 is 0 Å². The fraction of sp³-hybridized carbons (Fsp3) is 0.846. The van der Waals surface area contributed by atoms with Crippen molar-refractivity contribution in [3.05, 3.63) is 24.3 Å². The summed E-state index contributed by atoms with van der Waals surface area (Å²) in [6.07, 6.45) is 18.8. The topological polar surface area (TPSA) is 99.5 Å². The van der Waals surface area contributed by atoms with Gasteiger partial charge in [0.2, 0.25) is 0 Å². The molecule has 0 bridgehead atoms. The van der Waals surface area contributed by atoms with Crippen molar-refractivity contribution in [2.75, 3.05) is 52.5 Å². The van der Waals surface area contributed by atoms with Gasteiger partial charge in [-0.15, -0.1) is 0 Å². The fourth-order valence-corrected chi connectivity index (χ4v) is 4.99. The smallest absolute Gasteiger partial charge is 0.333 e. The highest BCUT2D eigenvalue weighted by atomic mass is 16.5. The van der Waals surface area contributed by atoms with Crippen LogP contribution in [0.5, 0.6) is 0 Å². The Balaban J connectivity index is -0.000000807. The number of carbonyl (C=O) groups is 2. The molecule has 280 valence electrons. The first-order valence-electron chi connectivity index (χ1n) is 18.5. The predicted molar refractivity (Wildman–Crippen MR) is 200 cm³/mol. The Labute approximate surface area is 291 Å². The van der Waals surface area contributed by atoms with Gasteiger partial charge in [-0.05, 0) is 65.7 Å². The second-order valence-corrected chi connectivity index (χ2v) is 12.8. The molecule has 0 radical (unpaired) electrons. The number of hydrogen-bond acceptors (Lipinski definition) is 8. The second kappa shape index (κ2) is 35.6. The predicted octanol–water partition coefficient (Wildman–Crippen LogP) is 8.49. The largest absolute Gasteiger partial charge is 0.461 e. The van der Waals surface area contributed by atoms with Crippen LogP contribution in [0.4, 0.5) is 0 Å². The molecule has 0 spiro atoms. The first-order valence-corrected chi connectivity index (χ1v) is 18.5. The number of carbonyl (C=O) groups excluding carboxylic acids is 2. The molecule has 47 heavy (non-hydrogen) atoms. The number of aliphatic hydroxyl groups is 2. The number of ether oxygens (including phenoxy) is 2. The lowest BCUT2D eigenvalue weighted by Gasteiger charge is -2.30. The van der Waals surface area contributed by atoms with Crippen molar-refractivity contribution in [3.8, 4) is 0 Å². The molecule has 0 saturated carbocycles. The summed E-state index contributed by atoms with van der Waals surface area (Å²) >= 11 is 0. The SMILES string of the molecule is C.C=C(C)C(=O)OCC(CO)N(CCCCCC)CCCCCC.C=C(C)C(=O)OCC(O)CN(CCCCCC)CCCCCC. The molecule has 0 aromatic rings.